The number of hydrogen-bond acceptors (Lipinski definition) is 3. The van der Waals surface area contributed by atoms with E-state index in [1.54, 1.807) is 12.1 Å². The van der Waals surface area contributed by atoms with Crippen molar-refractivity contribution in [2.45, 2.75) is 4.90 Å². The molecule has 0 fully saturated rings. The molecule has 0 bridgehead atoms. The predicted octanol–water partition coefficient (Wildman–Crippen LogP) is 3.42. The van der Waals surface area contributed by atoms with Gasteiger partial charge in [0.15, 0.2) is 0 Å². The Kier molecular flexibility index (Phi) is 4.36. The van der Waals surface area contributed by atoms with Crippen LogP contribution in [0.25, 0.3) is 0 Å². The van der Waals surface area contributed by atoms with Gasteiger partial charge in [-0.1, -0.05) is 35.9 Å². The molecule has 0 saturated heterocycles. The van der Waals surface area contributed by atoms with Crippen LogP contribution in [0.15, 0.2) is 53.4 Å². The van der Waals surface area contributed by atoms with Crippen molar-refractivity contribution >= 4 is 46.6 Å². The highest BCUT2D eigenvalue weighted by Gasteiger charge is 2.26. The molecule has 0 spiro atoms. The molecule has 1 heterocycles. The Balaban J connectivity index is 1.75. The molecule has 0 radical (unpaired) electrons. The Morgan fingerprint density at radius 1 is 1.18 bits per heavy atom. The number of nitrogens with zero attached hydrogens (tertiary/aromatic N) is 1. The zero-order valence-corrected chi connectivity index (χ0v) is 13.2. The number of carbonyl (C=O) groups excluding carboxylic acids is 2. The van der Waals surface area contributed by atoms with Gasteiger partial charge in [0.25, 0.3) is 0 Å². The topological polar surface area (TPSA) is 49.4 Å². The molecule has 0 aliphatic carbocycles. The van der Waals surface area contributed by atoms with E-state index in [1.165, 1.54) is 16.7 Å². The molecule has 2 aromatic carbocycles. The first-order valence-electron chi connectivity index (χ1n) is 6.72. The number of nitrogens with one attached hydrogen (secondary N) is 1. The Labute approximate surface area is 137 Å². The predicted molar refractivity (Wildman–Crippen MR) is 89.6 cm³/mol. The summed E-state index contributed by atoms with van der Waals surface area (Å²) in [4.78, 5) is 26.6. The van der Waals surface area contributed by atoms with Crippen molar-refractivity contribution in [2.75, 3.05) is 22.5 Å². The number of thioether (sulfide) groups is 1. The summed E-state index contributed by atoms with van der Waals surface area (Å²) in [6.45, 7) is 0.0406. The maximum absolute atomic E-state index is 12.5. The highest BCUT2D eigenvalue weighted by Crippen LogP contribution is 2.31. The molecule has 112 valence electrons. The lowest BCUT2D eigenvalue weighted by atomic mass is 10.2. The van der Waals surface area contributed by atoms with E-state index in [-0.39, 0.29) is 24.1 Å². The summed E-state index contributed by atoms with van der Waals surface area (Å²) in [5.41, 5.74) is 1.39. The first-order chi connectivity index (χ1) is 10.6. The second-order valence-corrected chi connectivity index (χ2v) is 6.19. The second-order valence-electron chi connectivity index (χ2n) is 4.76. The van der Waals surface area contributed by atoms with Crippen LogP contribution in [-0.4, -0.2) is 24.1 Å². The van der Waals surface area contributed by atoms with Gasteiger partial charge in [-0.15, -0.1) is 11.8 Å². The monoisotopic (exact) mass is 332 g/mol. The first kappa shape index (κ1) is 14.9. The molecule has 1 aliphatic heterocycles. The van der Waals surface area contributed by atoms with Gasteiger partial charge in [-0.2, -0.15) is 0 Å². The van der Waals surface area contributed by atoms with Crippen LogP contribution in [-0.2, 0) is 9.59 Å². The molecule has 22 heavy (non-hydrogen) atoms. The lowest BCUT2D eigenvalue weighted by Gasteiger charge is -2.29. The standard InChI is InChI=1S/C16H13ClN2O2S/c17-11-5-1-4-8-14(11)22-10-16(21)19-9-15(20)18-12-6-2-3-7-13(12)19/h1-8H,9-10H2,(H,18,20). The van der Waals surface area contributed by atoms with Gasteiger partial charge in [-0.3, -0.25) is 9.59 Å². The summed E-state index contributed by atoms with van der Waals surface area (Å²) in [7, 11) is 0. The van der Waals surface area contributed by atoms with Gasteiger partial charge < -0.3 is 10.2 Å². The Hall–Kier alpha value is -1.98. The normalized spacial score (nSPS) is 13.5. The molecule has 2 aromatic rings. The van der Waals surface area contributed by atoms with Gasteiger partial charge in [0.05, 0.1) is 22.2 Å². The van der Waals surface area contributed by atoms with Crippen molar-refractivity contribution in [3.63, 3.8) is 0 Å². The van der Waals surface area contributed by atoms with Gasteiger partial charge in [-0.25, -0.2) is 0 Å². The molecule has 0 aromatic heterocycles. The number of fused-ring (bicyclic) bond motifs is 1. The average molecular weight is 333 g/mol. The second kappa shape index (κ2) is 6.42. The number of amides is 2. The zero-order valence-electron chi connectivity index (χ0n) is 11.6. The summed E-state index contributed by atoms with van der Waals surface area (Å²) in [6.07, 6.45) is 0. The van der Waals surface area contributed by atoms with Crippen LogP contribution in [0, 0.1) is 0 Å². The maximum Gasteiger partial charge on any atom is 0.244 e. The van der Waals surface area contributed by atoms with E-state index in [2.05, 4.69) is 5.32 Å². The summed E-state index contributed by atoms with van der Waals surface area (Å²) < 4.78 is 0. The largest absolute Gasteiger partial charge is 0.323 e. The van der Waals surface area contributed by atoms with Crippen LogP contribution >= 0.6 is 23.4 Å². The minimum Gasteiger partial charge on any atom is -0.323 e. The molecular formula is C16H13ClN2O2S. The van der Waals surface area contributed by atoms with Crippen molar-refractivity contribution in [3.05, 3.63) is 53.6 Å². The van der Waals surface area contributed by atoms with Crippen LogP contribution in [0.1, 0.15) is 0 Å². The fourth-order valence-electron chi connectivity index (χ4n) is 2.23. The molecule has 6 heteroatoms. The van der Waals surface area contributed by atoms with E-state index in [9.17, 15) is 9.59 Å². The van der Waals surface area contributed by atoms with Gasteiger partial charge in [0.1, 0.15) is 6.54 Å². The molecule has 1 N–H and O–H groups in total. The molecule has 0 unspecified atom stereocenters. The highest BCUT2D eigenvalue weighted by atomic mass is 35.5. The minimum atomic E-state index is -0.185. The fraction of sp³-hybridized carbons (Fsp3) is 0.125. The van der Waals surface area contributed by atoms with Crippen LogP contribution in [0.5, 0.6) is 0 Å². The van der Waals surface area contributed by atoms with Crippen LogP contribution in [0.2, 0.25) is 5.02 Å². The SMILES string of the molecule is O=C1CN(C(=O)CSc2ccccc2Cl)c2ccccc2N1. The van der Waals surface area contributed by atoms with Crippen molar-refractivity contribution in [1.29, 1.82) is 0 Å². The number of halogens is 1. The fourth-order valence-corrected chi connectivity index (χ4v) is 3.35. The van der Waals surface area contributed by atoms with E-state index in [1.807, 2.05) is 36.4 Å². The van der Waals surface area contributed by atoms with E-state index in [0.717, 1.165) is 10.6 Å². The highest BCUT2D eigenvalue weighted by molar-refractivity contribution is 8.00. The third-order valence-corrected chi connectivity index (χ3v) is 4.76. The zero-order chi connectivity index (χ0) is 15.5. The maximum atomic E-state index is 12.5. The van der Waals surface area contributed by atoms with Gasteiger partial charge >= 0.3 is 0 Å². The lowest BCUT2D eigenvalue weighted by molar-refractivity contribution is -0.120. The molecule has 1 aliphatic rings. The quantitative estimate of drug-likeness (QED) is 0.876. The number of anilines is 2. The van der Waals surface area contributed by atoms with Crippen LogP contribution in [0.4, 0.5) is 11.4 Å². The van der Waals surface area contributed by atoms with E-state index in [0.29, 0.717) is 10.7 Å². The molecular weight excluding hydrogens is 320 g/mol. The summed E-state index contributed by atoms with van der Waals surface area (Å²) in [5, 5.41) is 3.39. The Bertz CT molecular complexity index is 736. The average Bonchev–Trinajstić information content (AvgIpc) is 2.53. The third-order valence-electron chi connectivity index (χ3n) is 3.26. The lowest BCUT2D eigenvalue weighted by Crippen LogP contribution is -2.43. The molecule has 4 nitrogen and oxygen atoms in total. The van der Waals surface area contributed by atoms with Crippen molar-refractivity contribution < 1.29 is 9.59 Å². The van der Waals surface area contributed by atoms with Crippen molar-refractivity contribution in [3.8, 4) is 0 Å². The molecule has 2 amide bonds. The van der Waals surface area contributed by atoms with Gasteiger partial charge in [0, 0.05) is 4.90 Å². The Morgan fingerprint density at radius 3 is 2.73 bits per heavy atom. The number of rotatable bonds is 3. The van der Waals surface area contributed by atoms with E-state index < -0.39 is 0 Å². The molecule has 3 rings (SSSR count). The van der Waals surface area contributed by atoms with E-state index >= 15 is 0 Å². The summed E-state index contributed by atoms with van der Waals surface area (Å²) in [5.74, 6) is -0.0762. The summed E-state index contributed by atoms with van der Waals surface area (Å²) in [6, 6.07) is 14.7. The molecule has 0 saturated carbocycles. The number of hydrogen-bond donors (Lipinski definition) is 1. The van der Waals surface area contributed by atoms with Crippen molar-refractivity contribution in [2.24, 2.45) is 0 Å². The Morgan fingerprint density at radius 2 is 1.91 bits per heavy atom. The van der Waals surface area contributed by atoms with Gasteiger partial charge in [-0.05, 0) is 24.3 Å². The molecule has 0 atom stereocenters. The van der Waals surface area contributed by atoms with Crippen LogP contribution < -0.4 is 10.2 Å². The van der Waals surface area contributed by atoms with E-state index in [4.69, 9.17) is 11.6 Å². The third kappa shape index (κ3) is 3.10. The summed E-state index contributed by atoms with van der Waals surface area (Å²) >= 11 is 7.46. The van der Waals surface area contributed by atoms with Crippen LogP contribution in [0.3, 0.4) is 0 Å². The minimum absolute atomic E-state index is 0.0406. The number of carbonyl (C=O) groups is 2. The number of benzene rings is 2. The van der Waals surface area contributed by atoms with Crippen molar-refractivity contribution in [1.82, 2.24) is 0 Å². The smallest absolute Gasteiger partial charge is 0.244 e. The number of para-hydroxylation sites is 2. The first-order valence-corrected chi connectivity index (χ1v) is 8.08. The van der Waals surface area contributed by atoms with Gasteiger partial charge in [0.2, 0.25) is 11.8 Å².